The van der Waals surface area contributed by atoms with Crippen molar-refractivity contribution in [2.75, 3.05) is 6.61 Å². The van der Waals surface area contributed by atoms with Crippen LogP contribution in [0, 0.1) is 0 Å². The minimum atomic E-state index is -0.250. The summed E-state index contributed by atoms with van der Waals surface area (Å²) in [6, 6.07) is 19.5. The van der Waals surface area contributed by atoms with E-state index < -0.39 is 0 Å². The van der Waals surface area contributed by atoms with Gasteiger partial charge in [0.05, 0.1) is 16.8 Å². The highest BCUT2D eigenvalue weighted by Crippen LogP contribution is 2.26. The first-order valence-corrected chi connectivity index (χ1v) is 9.28. The van der Waals surface area contributed by atoms with Gasteiger partial charge in [-0.25, -0.2) is 0 Å². The zero-order chi connectivity index (χ0) is 18.1. The summed E-state index contributed by atoms with van der Waals surface area (Å²) >= 11 is 1.52. The molecule has 3 aromatic carbocycles. The van der Waals surface area contributed by atoms with Crippen LogP contribution in [0.1, 0.15) is 17.3 Å². The summed E-state index contributed by atoms with van der Waals surface area (Å²) in [5.41, 5.74) is 1.65. The number of thiazole rings is 1. The molecular formula is C21H18N2O2S. The third kappa shape index (κ3) is 2.91. The van der Waals surface area contributed by atoms with Gasteiger partial charge in [-0.05, 0) is 42.6 Å². The molecule has 4 aromatic rings. The first kappa shape index (κ1) is 16.5. The second kappa shape index (κ2) is 6.77. The van der Waals surface area contributed by atoms with E-state index in [1.165, 1.54) is 22.1 Å². The highest BCUT2D eigenvalue weighted by molar-refractivity contribution is 7.16. The molecule has 130 valence electrons. The number of carbonyl (C=O) groups is 1. The van der Waals surface area contributed by atoms with E-state index in [1.54, 1.807) is 24.3 Å². The fourth-order valence-corrected chi connectivity index (χ4v) is 4.07. The summed E-state index contributed by atoms with van der Waals surface area (Å²) in [5, 5.41) is 2.34. The van der Waals surface area contributed by atoms with Gasteiger partial charge in [0, 0.05) is 18.0 Å². The molecule has 1 aromatic heterocycles. The first-order chi connectivity index (χ1) is 12.7. The van der Waals surface area contributed by atoms with Gasteiger partial charge in [0.1, 0.15) is 5.75 Å². The van der Waals surface area contributed by atoms with Crippen LogP contribution in [0.4, 0.5) is 0 Å². The predicted octanol–water partition coefficient (Wildman–Crippen LogP) is 4.53. The smallest absolute Gasteiger partial charge is 0.279 e. The quantitative estimate of drug-likeness (QED) is 0.537. The molecule has 1 amide bonds. The van der Waals surface area contributed by atoms with E-state index in [0.717, 1.165) is 16.0 Å². The Morgan fingerprint density at radius 2 is 1.85 bits per heavy atom. The molecule has 5 heteroatoms. The van der Waals surface area contributed by atoms with E-state index in [2.05, 4.69) is 29.3 Å². The Kier molecular flexibility index (Phi) is 4.31. The lowest BCUT2D eigenvalue weighted by atomic mass is 10.1. The van der Waals surface area contributed by atoms with Crippen molar-refractivity contribution >= 4 is 38.2 Å². The van der Waals surface area contributed by atoms with Crippen LogP contribution in [-0.2, 0) is 7.05 Å². The van der Waals surface area contributed by atoms with Crippen molar-refractivity contribution in [3.63, 3.8) is 0 Å². The Balaban J connectivity index is 1.79. The number of ether oxygens (including phenoxy) is 1. The van der Waals surface area contributed by atoms with E-state index in [9.17, 15) is 4.79 Å². The highest BCUT2D eigenvalue weighted by atomic mass is 32.1. The molecule has 0 aliphatic carbocycles. The first-order valence-electron chi connectivity index (χ1n) is 8.46. The number of fused-ring (bicyclic) bond motifs is 3. The minimum Gasteiger partial charge on any atom is -0.494 e. The van der Waals surface area contributed by atoms with Gasteiger partial charge in [0.2, 0.25) is 0 Å². The van der Waals surface area contributed by atoms with Crippen molar-refractivity contribution in [3.8, 4) is 5.75 Å². The molecule has 0 spiro atoms. The maximum absolute atomic E-state index is 12.6. The normalized spacial score (nSPS) is 12.0. The summed E-state index contributed by atoms with van der Waals surface area (Å²) in [7, 11) is 1.95. The largest absolute Gasteiger partial charge is 0.494 e. The summed E-state index contributed by atoms with van der Waals surface area (Å²) in [5.74, 6) is 0.502. The second-order valence-electron chi connectivity index (χ2n) is 5.95. The molecule has 0 fully saturated rings. The molecule has 4 nitrogen and oxygen atoms in total. The predicted molar refractivity (Wildman–Crippen MR) is 106 cm³/mol. The zero-order valence-corrected chi connectivity index (χ0v) is 15.4. The average molecular weight is 362 g/mol. The molecular weight excluding hydrogens is 344 g/mol. The van der Waals surface area contributed by atoms with Gasteiger partial charge < -0.3 is 9.30 Å². The highest BCUT2D eigenvalue weighted by Gasteiger charge is 2.09. The van der Waals surface area contributed by atoms with E-state index in [0.29, 0.717) is 17.0 Å². The minimum absolute atomic E-state index is 0.250. The van der Waals surface area contributed by atoms with E-state index in [4.69, 9.17) is 4.74 Å². The van der Waals surface area contributed by atoms with Crippen LogP contribution in [-0.4, -0.2) is 17.1 Å². The van der Waals surface area contributed by atoms with Crippen molar-refractivity contribution in [2.45, 2.75) is 6.92 Å². The second-order valence-corrected chi connectivity index (χ2v) is 6.96. The number of benzene rings is 3. The lowest BCUT2D eigenvalue weighted by molar-refractivity contribution is 0.0998. The van der Waals surface area contributed by atoms with Gasteiger partial charge in [0.25, 0.3) is 5.91 Å². The van der Waals surface area contributed by atoms with Crippen LogP contribution in [0.15, 0.2) is 65.7 Å². The summed E-state index contributed by atoms with van der Waals surface area (Å²) in [6.07, 6.45) is 0. The number of nitrogens with zero attached hydrogens (tertiary/aromatic N) is 2. The molecule has 1 heterocycles. The Morgan fingerprint density at radius 1 is 1.08 bits per heavy atom. The van der Waals surface area contributed by atoms with Crippen molar-refractivity contribution < 1.29 is 9.53 Å². The van der Waals surface area contributed by atoms with Gasteiger partial charge in [-0.2, -0.15) is 4.99 Å². The van der Waals surface area contributed by atoms with Crippen molar-refractivity contribution in [2.24, 2.45) is 12.0 Å². The molecule has 0 atom stereocenters. The van der Waals surface area contributed by atoms with Gasteiger partial charge in [-0.1, -0.05) is 41.7 Å². The van der Waals surface area contributed by atoms with Gasteiger partial charge >= 0.3 is 0 Å². The lowest BCUT2D eigenvalue weighted by Gasteiger charge is -2.03. The Labute approximate surface area is 155 Å². The van der Waals surface area contributed by atoms with Crippen LogP contribution >= 0.6 is 11.3 Å². The van der Waals surface area contributed by atoms with Gasteiger partial charge in [0.15, 0.2) is 4.80 Å². The monoisotopic (exact) mass is 362 g/mol. The molecule has 4 rings (SSSR count). The summed E-state index contributed by atoms with van der Waals surface area (Å²) in [6.45, 7) is 2.53. The Morgan fingerprint density at radius 3 is 2.62 bits per heavy atom. The number of aromatic nitrogens is 1. The number of aryl methyl sites for hydroxylation is 1. The fourth-order valence-electron chi connectivity index (χ4n) is 3.04. The molecule has 0 bridgehead atoms. The molecule has 0 saturated heterocycles. The van der Waals surface area contributed by atoms with Crippen molar-refractivity contribution in [3.05, 3.63) is 71.0 Å². The molecule has 0 radical (unpaired) electrons. The molecule has 0 aliphatic rings. The number of hydrogen-bond acceptors (Lipinski definition) is 3. The third-order valence-electron chi connectivity index (χ3n) is 4.30. The lowest BCUT2D eigenvalue weighted by Crippen LogP contribution is -2.13. The van der Waals surface area contributed by atoms with Crippen molar-refractivity contribution in [1.29, 1.82) is 0 Å². The molecule has 0 unspecified atom stereocenters. The number of rotatable bonds is 3. The molecule has 0 aliphatic heterocycles. The maximum Gasteiger partial charge on any atom is 0.279 e. The van der Waals surface area contributed by atoms with E-state index >= 15 is 0 Å². The van der Waals surface area contributed by atoms with Crippen LogP contribution in [0.5, 0.6) is 5.75 Å². The summed E-state index contributed by atoms with van der Waals surface area (Å²) < 4.78 is 8.52. The Bertz CT molecular complexity index is 1170. The van der Waals surface area contributed by atoms with Crippen LogP contribution in [0.25, 0.3) is 21.0 Å². The van der Waals surface area contributed by atoms with E-state index in [1.807, 2.05) is 30.7 Å². The topological polar surface area (TPSA) is 43.6 Å². The SMILES string of the molecule is CCOc1ccc(C(=O)N=c2sc3ccc4ccccc4c3n2C)cc1. The average Bonchev–Trinajstić information content (AvgIpc) is 2.98. The maximum atomic E-state index is 12.6. The van der Waals surface area contributed by atoms with Crippen molar-refractivity contribution in [1.82, 2.24) is 4.57 Å². The Hall–Kier alpha value is -2.92. The third-order valence-corrected chi connectivity index (χ3v) is 5.39. The van der Waals surface area contributed by atoms with E-state index in [-0.39, 0.29) is 5.91 Å². The molecule has 0 saturated carbocycles. The zero-order valence-electron chi connectivity index (χ0n) is 14.6. The number of carbonyl (C=O) groups excluding carboxylic acids is 1. The van der Waals surface area contributed by atoms with Crippen LogP contribution in [0.3, 0.4) is 0 Å². The van der Waals surface area contributed by atoms with Gasteiger partial charge in [-0.15, -0.1) is 0 Å². The van der Waals surface area contributed by atoms with Crippen LogP contribution in [0.2, 0.25) is 0 Å². The fraction of sp³-hybridized carbons (Fsp3) is 0.143. The molecule has 26 heavy (non-hydrogen) atoms. The summed E-state index contributed by atoms with van der Waals surface area (Å²) in [4.78, 5) is 17.6. The molecule has 0 N–H and O–H groups in total. The number of amides is 1. The van der Waals surface area contributed by atoms with Gasteiger partial charge in [-0.3, -0.25) is 4.79 Å². The standard InChI is InChI=1S/C21H18N2O2S/c1-3-25-16-11-8-15(9-12-16)20(24)22-21-23(2)19-17-7-5-4-6-14(17)10-13-18(19)26-21/h4-13H,3H2,1-2H3. The number of hydrogen-bond donors (Lipinski definition) is 0. The van der Waals surface area contributed by atoms with Crippen LogP contribution < -0.4 is 9.54 Å².